The molecule has 0 aliphatic carbocycles. The minimum Gasteiger partial charge on any atom is -0.492 e. The van der Waals surface area contributed by atoms with Crippen molar-refractivity contribution in [2.24, 2.45) is 5.10 Å². The van der Waals surface area contributed by atoms with E-state index >= 15 is 0 Å². The van der Waals surface area contributed by atoms with Gasteiger partial charge in [0, 0.05) is 24.8 Å². The van der Waals surface area contributed by atoms with Gasteiger partial charge in [-0.05, 0) is 48.4 Å². The second kappa shape index (κ2) is 9.39. The van der Waals surface area contributed by atoms with E-state index in [-0.39, 0.29) is 5.91 Å². The van der Waals surface area contributed by atoms with Crippen molar-refractivity contribution in [1.29, 1.82) is 0 Å². The largest absolute Gasteiger partial charge is 0.492 e. The van der Waals surface area contributed by atoms with Gasteiger partial charge in [0.1, 0.15) is 11.5 Å². The van der Waals surface area contributed by atoms with E-state index in [0.29, 0.717) is 48.0 Å². The lowest BCUT2D eigenvalue weighted by molar-refractivity contribution is -0.130. The maximum absolute atomic E-state index is 11.5. The van der Waals surface area contributed by atoms with Crippen molar-refractivity contribution in [2.45, 2.75) is 26.2 Å². The highest BCUT2D eigenvalue weighted by Crippen LogP contribution is 2.27. The third kappa shape index (κ3) is 5.68. The number of amides is 1. The molecule has 6 nitrogen and oxygen atoms in total. The highest BCUT2D eigenvalue weighted by Gasteiger charge is 2.14. The van der Waals surface area contributed by atoms with Crippen LogP contribution in [0.4, 0.5) is 0 Å². The van der Waals surface area contributed by atoms with Gasteiger partial charge in [-0.15, -0.1) is 0 Å². The van der Waals surface area contributed by atoms with Crippen LogP contribution in [0.1, 0.15) is 30.9 Å². The number of esters is 1. The van der Waals surface area contributed by atoms with Crippen molar-refractivity contribution in [1.82, 2.24) is 5.43 Å². The molecular weight excluding hydrogens is 392 g/mol. The lowest BCUT2D eigenvalue weighted by atomic mass is 10.0. The van der Waals surface area contributed by atoms with Gasteiger partial charge in [0.25, 0.3) is 0 Å². The van der Waals surface area contributed by atoms with Crippen LogP contribution in [0.3, 0.4) is 0 Å². The molecule has 0 saturated heterocycles. The summed E-state index contributed by atoms with van der Waals surface area (Å²) in [6.45, 7) is 5.60. The first-order valence-corrected chi connectivity index (χ1v) is 9.55. The topological polar surface area (TPSA) is 77.0 Å². The fourth-order valence-corrected chi connectivity index (χ4v) is 2.91. The Balaban J connectivity index is 1.53. The summed E-state index contributed by atoms with van der Waals surface area (Å²) in [4.78, 5) is 22.7. The van der Waals surface area contributed by atoms with Crippen molar-refractivity contribution in [3.8, 4) is 11.5 Å². The fourth-order valence-electron chi connectivity index (χ4n) is 2.68. The van der Waals surface area contributed by atoms with Crippen LogP contribution < -0.4 is 14.9 Å². The summed E-state index contributed by atoms with van der Waals surface area (Å²) in [5.41, 5.74) is 5.53. The lowest BCUT2D eigenvalue weighted by Crippen LogP contribution is -2.25. The molecule has 3 rings (SSSR count). The number of benzene rings is 2. The molecule has 1 heterocycles. The van der Waals surface area contributed by atoms with Crippen LogP contribution in [0, 0.1) is 0 Å². The Labute approximate surface area is 174 Å². The summed E-state index contributed by atoms with van der Waals surface area (Å²) in [5, 5.41) is 4.56. The van der Waals surface area contributed by atoms with Gasteiger partial charge in [-0.2, -0.15) is 5.10 Å². The van der Waals surface area contributed by atoms with E-state index in [2.05, 4.69) is 17.1 Å². The number of nitrogens with one attached hydrogen (secondary N) is 1. The van der Waals surface area contributed by atoms with Crippen LogP contribution in [0.25, 0.3) is 0 Å². The summed E-state index contributed by atoms with van der Waals surface area (Å²) in [6, 6.07) is 12.7. The molecule has 0 atom stereocenters. The van der Waals surface area contributed by atoms with Crippen molar-refractivity contribution >= 4 is 29.2 Å². The van der Waals surface area contributed by atoms with E-state index in [1.165, 1.54) is 0 Å². The van der Waals surface area contributed by atoms with Gasteiger partial charge >= 0.3 is 5.97 Å². The zero-order valence-electron chi connectivity index (χ0n) is 16.0. The quantitative estimate of drug-likeness (QED) is 0.422. The standard InChI is InChI=1S/C22H21ClN2O4/c1-14(2)22(27)29-17-6-3-15(4-7-17)11-12-28-20-9-5-16(13-18(20)23)19-8-10-21(26)25-24-19/h3-7,9,13H,1,8,10-12H2,2H3,(H,25,26). The second-order valence-corrected chi connectivity index (χ2v) is 7.06. The Morgan fingerprint density at radius 1 is 1.21 bits per heavy atom. The Hall–Kier alpha value is -3.12. The van der Waals surface area contributed by atoms with Crippen LogP contribution in [-0.4, -0.2) is 24.2 Å². The number of rotatable bonds is 7. The Kier molecular flexibility index (Phi) is 6.67. The summed E-state index contributed by atoms with van der Waals surface area (Å²) < 4.78 is 11.0. The van der Waals surface area contributed by atoms with Crippen LogP contribution in [0.5, 0.6) is 11.5 Å². The SMILES string of the molecule is C=C(C)C(=O)Oc1ccc(CCOc2ccc(C3=NNC(=O)CC3)cc2Cl)cc1. The molecule has 0 fully saturated rings. The first-order chi connectivity index (χ1) is 13.9. The third-order valence-electron chi connectivity index (χ3n) is 4.30. The monoisotopic (exact) mass is 412 g/mol. The summed E-state index contributed by atoms with van der Waals surface area (Å²) in [6.07, 6.45) is 1.67. The molecular formula is C22H21ClN2O4. The van der Waals surface area contributed by atoms with Gasteiger partial charge in [0.05, 0.1) is 17.3 Å². The zero-order valence-corrected chi connectivity index (χ0v) is 16.8. The molecule has 150 valence electrons. The van der Waals surface area contributed by atoms with Gasteiger partial charge in [-0.1, -0.05) is 30.3 Å². The molecule has 1 amide bonds. The van der Waals surface area contributed by atoms with E-state index in [0.717, 1.165) is 16.8 Å². The Morgan fingerprint density at radius 2 is 1.97 bits per heavy atom. The molecule has 2 aromatic rings. The fraction of sp³-hybridized carbons (Fsp3) is 0.227. The smallest absolute Gasteiger partial charge is 0.338 e. The molecule has 29 heavy (non-hydrogen) atoms. The Morgan fingerprint density at radius 3 is 2.59 bits per heavy atom. The van der Waals surface area contributed by atoms with Crippen molar-refractivity contribution in [2.75, 3.05) is 6.61 Å². The predicted octanol–water partition coefficient (Wildman–Crippen LogP) is 4.06. The number of carbonyl (C=O) groups excluding carboxylic acids is 2. The first-order valence-electron chi connectivity index (χ1n) is 9.17. The molecule has 7 heteroatoms. The minimum atomic E-state index is -0.444. The van der Waals surface area contributed by atoms with Gasteiger partial charge in [-0.25, -0.2) is 10.2 Å². The van der Waals surface area contributed by atoms with Crippen molar-refractivity contribution in [3.05, 3.63) is 70.8 Å². The summed E-state index contributed by atoms with van der Waals surface area (Å²) >= 11 is 6.33. The minimum absolute atomic E-state index is 0.0817. The summed E-state index contributed by atoms with van der Waals surface area (Å²) in [5.74, 6) is 0.536. The number of nitrogens with zero attached hydrogens (tertiary/aromatic N) is 1. The van der Waals surface area contributed by atoms with Gasteiger partial charge in [0.2, 0.25) is 5.91 Å². The van der Waals surface area contributed by atoms with Gasteiger partial charge < -0.3 is 9.47 Å². The van der Waals surface area contributed by atoms with Crippen molar-refractivity contribution in [3.63, 3.8) is 0 Å². The first kappa shape index (κ1) is 20.6. The molecule has 0 unspecified atom stereocenters. The van der Waals surface area contributed by atoms with E-state index in [1.54, 1.807) is 31.2 Å². The van der Waals surface area contributed by atoms with E-state index < -0.39 is 5.97 Å². The van der Waals surface area contributed by atoms with Crippen LogP contribution in [0.2, 0.25) is 5.02 Å². The predicted molar refractivity (Wildman–Crippen MR) is 111 cm³/mol. The van der Waals surface area contributed by atoms with Crippen LogP contribution in [0.15, 0.2) is 59.7 Å². The average molecular weight is 413 g/mol. The number of ether oxygens (including phenoxy) is 2. The molecule has 1 N–H and O–H groups in total. The molecule has 2 aromatic carbocycles. The number of hydrogen-bond donors (Lipinski definition) is 1. The normalized spacial score (nSPS) is 13.3. The maximum Gasteiger partial charge on any atom is 0.338 e. The van der Waals surface area contributed by atoms with E-state index in [4.69, 9.17) is 21.1 Å². The molecule has 1 aliphatic rings. The highest BCUT2D eigenvalue weighted by atomic mass is 35.5. The van der Waals surface area contributed by atoms with Gasteiger partial charge in [0.15, 0.2) is 0 Å². The molecule has 1 aliphatic heterocycles. The molecule has 0 bridgehead atoms. The zero-order chi connectivity index (χ0) is 20.8. The van der Waals surface area contributed by atoms with E-state index in [9.17, 15) is 9.59 Å². The summed E-state index contributed by atoms with van der Waals surface area (Å²) in [7, 11) is 0. The number of carbonyl (C=O) groups is 2. The van der Waals surface area contributed by atoms with Gasteiger partial charge in [-0.3, -0.25) is 4.79 Å². The maximum atomic E-state index is 11.5. The molecule has 0 saturated carbocycles. The average Bonchev–Trinajstić information content (AvgIpc) is 2.71. The van der Waals surface area contributed by atoms with E-state index in [1.807, 2.05) is 18.2 Å². The number of hydrogen-bond acceptors (Lipinski definition) is 5. The molecule has 0 aromatic heterocycles. The van der Waals surface area contributed by atoms with Crippen molar-refractivity contribution < 1.29 is 19.1 Å². The number of halogens is 1. The lowest BCUT2D eigenvalue weighted by Gasteiger charge is -2.14. The van der Waals surface area contributed by atoms with Crippen LogP contribution >= 0.6 is 11.6 Å². The third-order valence-corrected chi connectivity index (χ3v) is 4.60. The van der Waals surface area contributed by atoms with Crippen LogP contribution in [-0.2, 0) is 16.0 Å². The number of hydrazone groups is 1. The molecule has 0 radical (unpaired) electrons. The second-order valence-electron chi connectivity index (χ2n) is 6.65. The highest BCUT2D eigenvalue weighted by molar-refractivity contribution is 6.32. The Bertz CT molecular complexity index is 967. The molecule has 0 spiro atoms.